The summed E-state index contributed by atoms with van der Waals surface area (Å²) in [6, 6.07) is 0. The zero-order valence-electron chi connectivity index (χ0n) is 12.5. The highest BCUT2D eigenvalue weighted by molar-refractivity contribution is 5.75. The zero-order chi connectivity index (χ0) is 14.1. The topological polar surface area (TPSA) is 63.3 Å². The first-order valence-electron chi connectivity index (χ1n) is 8.08. The molecule has 0 aliphatic heterocycles. The predicted molar refractivity (Wildman–Crippen MR) is 79.1 cm³/mol. The molecule has 0 saturated heterocycles. The van der Waals surface area contributed by atoms with Gasteiger partial charge in [0.2, 0.25) is 0 Å². The van der Waals surface area contributed by atoms with Crippen molar-refractivity contribution in [2.24, 2.45) is 17.1 Å². The van der Waals surface area contributed by atoms with E-state index in [1.165, 1.54) is 44.9 Å². The summed E-state index contributed by atoms with van der Waals surface area (Å²) >= 11 is 0. The number of unbranched alkanes of at least 4 members (excludes halogenated alkanes) is 6. The van der Waals surface area contributed by atoms with Gasteiger partial charge in [0, 0.05) is 6.54 Å². The molecule has 0 aromatic heterocycles. The minimum Gasteiger partial charge on any atom is -0.481 e. The van der Waals surface area contributed by atoms with Gasteiger partial charge < -0.3 is 10.8 Å². The molecule has 0 aromatic carbocycles. The number of hydrogen-bond acceptors (Lipinski definition) is 2. The van der Waals surface area contributed by atoms with E-state index in [0.717, 1.165) is 25.7 Å². The van der Waals surface area contributed by atoms with Gasteiger partial charge in [-0.3, -0.25) is 4.79 Å². The predicted octanol–water partition coefficient (Wildman–Crippen LogP) is 3.96. The number of rotatable bonds is 12. The lowest BCUT2D eigenvalue weighted by atomic mass is 9.78. The summed E-state index contributed by atoms with van der Waals surface area (Å²) < 4.78 is 0. The lowest BCUT2D eigenvalue weighted by Crippen LogP contribution is -2.39. The molecule has 1 aliphatic carbocycles. The van der Waals surface area contributed by atoms with Crippen LogP contribution in [-0.2, 0) is 4.79 Å². The van der Waals surface area contributed by atoms with Gasteiger partial charge in [-0.05, 0) is 18.8 Å². The molecule has 3 N–H and O–H groups in total. The molecule has 0 bridgehead atoms. The lowest BCUT2D eigenvalue weighted by molar-refractivity contribution is -0.149. The zero-order valence-corrected chi connectivity index (χ0v) is 12.5. The molecule has 3 nitrogen and oxygen atoms in total. The maximum Gasteiger partial charge on any atom is 0.310 e. The number of hydrogen-bond donors (Lipinski definition) is 2. The second-order valence-electron chi connectivity index (χ2n) is 6.31. The van der Waals surface area contributed by atoms with Crippen LogP contribution in [0, 0.1) is 11.3 Å². The Balaban J connectivity index is 2.22. The fraction of sp³-hybridized carbons (Fsp3) is 0.938. The second-order valence-corrected chi connectivity index (χ2v) is 6.31. The summed E-state index contributed by atoms with van der Waals surface area (Å²) in [6.07, 6.45) is 12.6. The van der Waals surface area contributed by atoms with Gasteiger partial charge in [0.1, 0.15) is 0 Å². The number of carboxylic acids is 1. The highest BCUT2D eigenvalue weighted by atomic mass is 16.4. The Morgan fingerprint density at radius 1 is 1.16 bits per heavy atom. The molecule has 0 amide bonds. The van der Waals surface area contributed by atoms with E-state index >= 15 is 0 Å². The summed E-state index contributed by atoms with van der Waals surface area (Å²) in [7, 11) is 0. The Hall–Kier alpha value is -0.570. The third-order valence-corrected chi connectivity index (χ3v) is 4.48. The Morgan fingerprint density at radius 3 is 2.21 bits per heavy atom. The summed E-state index contributed by atoms with van der Waals surface area (Å²) in [5.74, 6) is -0.0444. The fourth-order valence-electron chi connectivity index (χ4n) is 2.86. The summed E-state index contributed by atoms with van der Waals surface area (Å²) in [6.45, 7) is 2.52. The van der Waals surface area contributed by atoms with E-state index in [1.54, 1.807) is 0 Å². The third kappa shape index (κ3) is 5.94. The van der Waals surface area contributed by atoms with E-state index in [0.29, 0.717) is 12.5 Å². The van der Waals surface area contributed by atoms with Crippen molar-refractivity contribution in [2.45, 2.75) is 77.6 Å². The van der Waals surface area contributed by atoms with Gasteiger partial charge in [0.05, 0.1) is 5.41 Å². The minimum atomic E-state index is -0.673. The van der Waals surface area contributed by atoms with Crippen LogP contribution in [0.2, 0.25) is 0 Å². The fourth-order valence-corrected chi connectivity index (χ4v) is 2.86. The quantitative estimate of drug-likeness (QED) is 0.527. The van der Waals surface area contributed by atoms with E-state index in [2.05, 4.69) is 6.92 Å². The maximum absolute atomic E-state index is 11.5. The van der Waals surface area contributed by atoms with Crippen molar-refractivity contribution in [3.05, 3.63) is 0 Å². The van der Waals surface area contributed by atoms with Gasteiger partial charge in [-0.2, -0.15) is 0 Å². The van der Waals surface area contributed by atoms with E-state index in [4.69, 9.17) is 5.73 Å². The SMILES string of the molecule is CCCCCCCCCC(CN)(CC1CC1)C(=O)O. The minimum absolute atomic E-state index is 0.300. The molecule has 0 radical (unpaired) electrons. The van der Waals surface area contributed by atoms with Crippen LogP contribution >= 0.6 is 0 Å². The molecule has 0 heterocycles. The van der Waals surface area contributed by atoms with Gasteiger partial charge in [0.25, 0.3) is 0 Å². The normalized spacial score (nSPS) is 18.2. The highest BCUT2D eigenvalue weighted by Gasteiger charge is 2.41. The first kappa shape index (κ1) is 16.5. The molecular formula is C16H31NO2. The molecule has 0 aromatic rings. The van der Waals surface area contributed by atoms with Crippen LogP contribution in [-0.4, -0.2) is 17.6 Å². The Bertz CT molecular complexity index is 263. The van der Waals surface area contributed by atoms with Crippen molar-refractivity contribution in [2.75, 3.05) is 6.54 Å². The van der Waals surface area contributed by atoms with Crippen LogP contribution in [0.5, 0.6) is 0 Å². The average molecular weight is 269 g/mol. The average Bonchev–Trinajstić information content (AvgIpc) is 3.20. The highest BCUT2D eigenvalue weighted by Crippen LogP contribution is 2.42. The number of carboxylic acid groups (broad SMARTS) is 1. The van der Waals surface area contributed by atoms with Crippen LogP contribution in [0.4, 0.5) is 0 Å². The Labute approximate surface area is 118 Å². The van der Waals surface area contributed by atoms with Gasteiger partial charge in [-0.25, -0.2) is 0 Å². The molecule has 1 unspecified atom stereocenters. The Kier molecular flexibility index (Phi) is 7.44. The van der Waals surface area contributed by atoms with Crippen molar-refractivity contribution in [3.63, 3.8) is 0 Å². The molecule has 3 heteroatoms. The van der Waals surface area contributed by atoms with Gasteiger partial charge in [-0.1, -0.05) is 64.7 Å². The number of carbonyl (C=O) groups is 1. The molecule has 1 saturated carbocycles. The van der Waals surface area contributed by atoms with Crippen molar-refractivity contribution in [1.29, 1.82) is 0 Å². The van der Waals surface area contributed by atoms with E-state index in [1.807, 2.05) is 0 Å². The van der Waals surface area contributed by atoms with Crippen molar-refractivity contribution < 1.29 is 9.90 Å². The third-order valence-electron chi connectivity index (χ3n) is 4.48. The monoisotopic (exact) mass is 269 g/mol. The van der Waals surface area contributed by atoms with Crippen LogP contribution in [0.25, 0.3) is 0 Å². The molecular weight excluding hydrogens is 238 g/mol. The molecule has 1 atom stereocenters. The number of aliphatic carboxylic acids is 1. The first-order valence-corrected chi connectivity index (χ1v) is 8.08. The van der Waals surface area contributed by atoms with E-state index in [-0.39, 0.29) is 0 Å². The Morgan fingerprint density at radius 2 is 1.74 bits per heavy atom. The van der Waals surface area contributed by atoms with Crippen molar-refractivity contribution in [1.82, 2.24) is 0 Å². The molecule has 112 valence electrons. The molecule has 1 fully saturated rings. The summed E-state index contributed by atoms with van der Waals surface area (Å²) in [5.41, 5.74) is 5.15. The molecule has 1 aliphatic rings. The van der Waals surface area contributed by atoms with Gasteiger partial charge >= 0.3 is 5.97 Å². The van der Waals surface area contributed by atoms with Gasteiger partial charge in [-0.15, -0.1) is 0 Å². The maximum atomic E-state index is 11.5. The van der Waals surface area contributed by atoms with E-state index in [9.17, 15) is 9.90 Å². The largest absolute Gasteiger partial charge is 0.481 e. The van der Waals surface area contributed by atoms with Crippen molar-refractivity contribution >= 4 is 5.97 Å². The molecule has 19 heavy (non-hydrogen) atoms. The first-order chi connectivity index (χ1) is 9.14. The lowest BCUT2D eigenvalue weighted by Gasteiger charge is -2.28. The number of nitrogens with two attached hydrogens (primary N) is 1. The van der Waals surface area contributed by atoms with Crippen molar-refractivity contribution in [3.8, 4) is 0 Å². The van der Waals surface area contributed by atoms with Crippen LogP contribution in [0.3, 0.4) is 0 Å². The molecule has 1 rings (SSSR count). The second kappa shape index (κ2) is 8.57. The van der Waals surface area contributed by atoms with E-state index < -0.39 is 11.4 Å². The van der Waals surface area contributed by atoms with Crippen LogP contribution in [0.1, 0.15) is 77.6 Å². The summed E-state index contributed by atoms with van der Waals surface area (Å²) in [5, 5.41) is 9.49. The van der Waals surface area contributed by atoms with Gasteiger partial charge in [0.15, 0.2) is 0 Å². The summed E-state index contributed by atoms with van der Waals surface area (Å²) in [4.78, 5) is 11.5. The van der Waals surface area contributed by atoms with Crippen LogP contribution in [0.15, 0.2) is 0 Å². The smallest absolute Gasteiger partial charge is 0.310 e. The standard InChI is InChI=1S/C16H31NO2/c1-2-3-4-5-6-7-8-11-16(13-17,15(18)19)12-14-9-10-14/h14H,2-13,17H2,1H3,(H,18,19). The molecule has 0 spiro atoms. The van der Waals surface area contributed by atoms with Crippen LogP contribution < -0.4 is 5.73 Å².